The van der Waals surface area contributed by atoms with Gasteiger partial charge in [-0.15, -0.1) is 0 Å². The van der Waals surface area contributed by atoms with E-state index in [0.717, 1.165) is 41.2 Å². The van der Waals surface area contributed by atoms with Gasteiger partial charge < -0.3 is 23.7 Å². The molecule has 3 aromatic rings. The Kier molecular flexibility index (Phi) is 5.34. The first-order valence-electron chi connectivity index (χ1n) is 9.95. The van der Waals surface area contributed by atoms with Gasteiger partial charge in [-0.25, -0.2) is 0 Å². The summed E-state index contributed by atoms with van der Waals surface area (Å²) in [5, 5.41) is 0.923. The number of piperazine rings is 1. The summed E-state index contributed by atoms with van der Waals surface area (Å²) in [5.74, 6) is 1.99. The molecule has 152 valence electrons. The van der Waals surface area contributed by atoms with Crippen LogP contribution in [0.1, 0.15) is 23.0 Å². The van der Waals surface area contributed by atoms with E-state index >= 15 is 0 Å². The standard InChI is InChI=1S/C23H26N2O4/c1-4-28-17-9-10-20-18(15-17)16(2)22(29-20)23(26)25-13-11-24(12-14-25)19-7-5-6-8-21(19)27-3/h5-10,15H,4,11-14H2,1-3H3. The predicted octanol–water partition coefficient (Wildman–Crippen LogP) is 4.11. The molecule has 1 saturated heterocycles. The number of hydrogen-bond acceptors (Lipinski definition) is 5. The third-order valence-corrected chi connectivity index (χ3v) is 5.41. The Bertz CT molecular complexity index is 1020. The first-order chi connectivity index (χ1) is 14.1. The topological polar surface area (TPSA) is 55.2 Å². The maximum atomic E-state index is 13.1. The number of furan rings is 1. The number of carbonyl (C=O) groups is 1. The molecule has 2 heterocycles. The van der Waals surface area contributed by atoms with Crippen molar-refractivity contribution in [2.45, 2.75) is 13.8 Å². The summed E-state index contributed by atoms with van der Waals surface area (Å²) in [6, 6.07) is 13.6. The van der Waals surface area contributed by atoms with Gasteiger partial charge in [0.25, 0.3) is 5.91 Å². The summed E-state index contributed by atoms with van der Waals surface area (Å²) in [6.07, 6.45) is 0. The van der Waals surface area contributed by atoms with Crippen molar-refractivity contribution in [1.82, 2.24) is 4.90 Å². The highest BCUT2D eigenvalue weighted by Crippen LogP contribution is 2.31. The van der Waals surface area contributed by atoms with Crippen molar-refractivity contribution in [3.8, 4) is 11.5 Å². The minimum Gasteiger partial charge on any atom is -0.495 e. The molecule has 6 nitrogen and oxygen atoms in total. The van der Waals surface area contributed by atoms with Gasteiger partial charge in [0, 0.05) is 37.1 Å². The molecule has 2 aromatic carbocycles. The molecule has 0 N–H and O–H groups in total. The van der Waals surface area contributed by atoms with Gasteiger partial charge in [0.15, 0.2) is 5.76 Å². The van der Waals surface area contributed by atoms with Crippen LogP contribution in [0, 0.1) is 6.92 Å². The number of hydrogen-bond donors (Lipinski definition) is 0. The van der Waals surface area contributed by atoms with E-state index < -0.39 is 0 Å². The van der Waals surface area contributed by atoms with Crippen LogP contribution in [-0.2, 0) is 0 Å². The number of benzene rings is 2. The van der Waals surface area contributed by atoms with E-state index in [4.69, 9.17) is 13.9 Å². The Labute approximate surface area is 170 Å². The third kappa shape index (κ3) is 3.62. The predicted molar refractivity (Wildman–Crippen MR) is 113 cm³/mol. The molecule has 0 aliphatic carbocycles. The maximum Gasteiger partial charge on any atom is 0.290 e. The average Bonchev–Trinajstić information content (AvgIpc) is 3.09. The van der Waals surface area contributed by atoms with Crippen LogP contribution in [0.5, 0.6) is 11.5 Å². The van der Waals surface area contributed by atoms with Crippen LogP contribution in [0.2, 0.25) is 0 Å². The first-order valence-corrected chi connectivity index (χ1v) is 9.95. The fraction of sp³-hybridized carbons (Fsp3) is 0.348. The molecule has 1 fully saturated rings. The number of anilines is 1. The van der Waals surface area contributed by atoms with Crippen molar-refractivity contribution in [3.63, 3.8) is 0 Å². The lowest BCUT2D eigenvalue weighted by Gasteiger charge is -2.36. The molecular weight excluding hydrogens is 368 g/mol. The van der Waals surface area contributed by atoms with Gasteiger partial charge in [0.1, 0.15) is 17.1 Å². The molecule has 0 spiro atoms. The van der Waals surface area contributed by atoms with Crippen LogP contribution in [-0.4, -0.2) is 50.7 Å². The Hall–Kier alpha value is -3.15. The number of para-hydroxylation sites is 2. The van der Waals surface area contributed by atoms with Crippen LogP contribution in [0.3, 0.4) is 0 Å². The number of rotatable bonds is 5. The van der Waals surface area contributed by atoms with Gasteiger partial charge >= 0.3 is 0 Å². The zero-order valence-electron chi connectivity index (χ0n) is 17.1. The van der Waals surface area contributed by atoms with Gasteiger partial charge in [-0.1, -0.05) is 12.1 Å². The van der Waals surface area contributed by atoms with Crippen molar-refractivity contribution in [2.75, 3.05) is 44.8 Å². The van der Waals surface area contributed by atoms with E-state index in [-0.39, 0.29) is 5.91 Å². The number of methoxy groups -OCH3 is 1. The number of amides is 1. The van der Waals surface area contributed by atoms with Gasteiger partial charge in [0.05, 0.1) is 19.4 Å². The lowest BCUT2D eigenvalue weighted by atomic mass is 10.1. The second-order valence-corrected chi connectivity index (χ2v) is 7.10. The molecule has 6 heteroatoms. The molecule has 0 atom stereocenters. The molecule has 1 aliphatic rings. The van der Waals surface area contributed by atoms with Crippen LogP contribution >= 0.6 is 0 Å². The van der Waals surface area contributed by atoms with Crippen LogP contribution in [0.25, 0.3) is 11.0 Å². The van der Waals surface area contributed by atoms with E-state index in [0.29, 0.717) is 31.0 Å². The average molecular weight is 394 g/mol. The van der Waals surface area contributed by atoms with E-state index in [1.807, 2.05) is 55.1 Å². The summed E-state index contributed by atoms with van der Waals surface area (Å²) >= 11 is 0. The molecule has 0 bridgehead atoms. The number of carbonyl (C=O) groups excluding carboxylic acids is 1. The smallest absolute Gasteiger partial charge is 0.290 e. The van der Waals surface area contributed by atoms with Crippen molar-refractivity contribution in [1.29, 1.82) is 0 Å². The summed E-state index contributed by atoms with van der Waals surface area (Å²) < 4.78 is 17.0. The molecule has 0 radical (unpaired) electrons. The SMILES string of the molecule is CCOc1ccc2oc(C(=O)N3CCN(c4ccccc4OC)CC3)c(C)c2c1. The molecule has 0 unspecified atom stereocenters. The van der Waals surface area contributed by atoms with E-state index in [9.17, 15) is 4.79 Å². The maximum absolute atomic E-state index is 13.1. The summed E-state index contributed by atoms with van der Waals surface area (Å²) in [6.45, 7) is 7.26. The fourth-order valence-corrected chi connectivity index (χ4v) is 3.85. The van der Waals surface area contributed by atoms with Gasteiger partial charge in [-0.2, -0.15) is 0 Å². The quantitative estimate of drug-likeness (QED) is 0.652. The molecular formula is C23H26N2O4. The van der Waals surface area contributed by atoms with Crippen LogP contribution < -0.4 is 14.4 Å². The molecule has 29 heavy (non-hydrogen) atoms. The van der Waals surface area contributed by atoms with Crippen molar-refractivity contribution in [3.05, 3.63) is 53.8 Å². The lowest BCUT2D eigenvalue weighted by molar-refractivity contribution is 0.0716. The van der Waals surface area contributed by atoms with Crippen LogP contribution in [0.15, 0.2) is 46.9 Å². The molecule has 1 amide bonds. The summed E-state index contributed by atoms with van der Waals surface area (Å²) in [7, 11) is 1.68. The number of ether oxygens (including phenoxy) is 2. The van der Waals surface area contributed by atoms with E-state index in [1.165, 1.54) is 0 Å². The highest BCUT2D eigenvalue weighted by molar-refractivity contribution is 5.99. The molecule has 0 saturated carbocycles. The molecule has 4 rings (SSSR count). The first kappa shape index (κ1) is 19.2. The zero-order chi connectivity index (χ0) is 20.4. The largest absolute Gasteiger partial charge is 0.495 e. The van der Waals surface area contributed by atoms with E-state index in [2.05, 4.69) is 11.0 Å². The summed E-state index contributed by atoms with van der Waals surface area (Å²) in [5.41, 5.74) is 2.63. The fourth-order valence-electron chi connectivity index (χ4n) is 3.85. The van der Waals surface area contributed by atoms with Gasteiger partial charge in [-0.05, 0) is 44.2 Å². The Morgan fingerprint density at radius 2 is 1.86 bits per heavy atom. The minimum absolute atomic E-state index is 0.0589. The highest BCUT2D eigenvalue weighted by Gasteiger charge is 2.27. The second-order valence-electron chi connectivity index (χ2n) is 7.10. The number of fused-ring (bicyclic) bond motifs is 1. The number of nitrogens with zero attached hydrogens (tertiary/aromatic N) is 2. The summed E-state index contributed by atoms with van der Waals surface area (Å²) in [4.78, 5) is 17.2. The Morgan fingerprint density at radius 1 is 1.10 bits per heavy atom. The Balaban J connectivity index is 1.50. The molecule has 1 aliphatic heterocycles. The zero-order valence-corrected chi connectivity index (χ0v) is 17.1. The van der Waals surface area contributed by atoms with Crippen molar-refractivity contribution in [2.24, 2.45) is 0 Å². The van der Waals surface area contributed by atoms with E-state index in [1.54, 1.807) is 7.11 Å². The monoisotopic (exact) mass is 394 g/mol. The van der Waals surface area contributed by atoms with Gasteiger partial charge in [-0.3, -0.25) is 4.79 Å². The van der Waals surface area contributed by atoms with Crippen LogP contribution in [0.4, 0.5) is 5.69 Å². The normalized spacial score (nSPS) is 14.3. The Morgan fingerprint density at radius 3 is 2.59 bits per heavy atom. The lowest BCUT2D eigenvalue weighted by Crippen LogP contribution is -2.48. The highest BCUT2D eigenvalue weighted by atomic mass is 16.5. The van der Waals surface area contributed by atoms with Crippen molar-refractivity contribution >= 4 is 22.6 Å². The molecule has 1 aromatic heterocycles. The van der Waals surface area contributed by atoms with Gasteiger partial charge in [0.2, 0.25) is 0 Å². The third-order valence-electron chi connectivity index (χ3n) is 5.41. The van der Waals surface area contributed by atoms with Crippen molar-refractivity contribution < 1.29 is 18.7 Å². The number of aryl methyl sites for hydroxylation is 1. The second kappa shape index (κ2) is 8.07. The minimum atomic E-state index is -0.0589.